The zero-order valence-corrected chi connectivity index (χ0v) is 14.5. The number of ether oxygens (including phenoxy) is 2. The van der Waals surface area contributed by atoms with Gasteiger partial charge >= 0.3 is 0 Å². The number of nitrogens with zero attached hydrogens (tertiary/aromatic N) is 5. The van der Waals surface area contributed by atoms with Gasteiger partial charge in [-0.3, -0.25) is 0 Å². The van der Waals surface area contributed by atoms with Gasteiger partial charge in [-0.05, 0) is 19.1 Å². The predicted octanol–water partition coefficient (Wildman–Crippen LogP) is 1.96. The topological polar surface area (TPSA) is 63.6 Å². The van der Waals surface area contributed by atoms with E-state index in [1.54, 1.807) is 7.11 Å². The molecule has 1 heterocycles. The summed E-state index contributed by atoms with van der Waals surface area (Å²) >= 11 is 0. The largest absolute Gasteiger partial charge is 0.467 e. The lowest BCUT2D eigenvalue weighted by Gasteiger charge is -2.17. The first-order valence-electron chi connectivity index (χ1n) is 7.26. The van der Waals surface area contributed by atoms with Crippen LogP contribution in [0.5, 0.6) is 5.75 Å². The van der Waals surface area contributed by atoms with Crippen LogP contribution in [-0.4, -0.2) is 57.0 Å². The Kier molecular flexibility index (Phi) is 5.33. The van der Waals surface area contributed by atoms with E-state index in [4.69, 9.17) is 9.47 Å². The van der Waals surface area contributed by atoms with E-state index in [1.165, 1.54) is 0 Å². The number of hydrogen-bond acceptors (Lipinski definition) is 7. The van der Waals surface area contributed by atoms with E-state index in [0.717, 1.165) is 11.1 Å². The molecule has 2 rings (SSSR count). The summed E-state index contributed by atoms with van der Waals surface area (Å²) in [5.41, 5.74) is 1.92. The van der Waals surface area contributed by atoms with Crippen LogP contribution in [0.3, 0.4) is 0 Å². The monoisotopic (exact) mass is 317 g/mol. The standard InChI is InChI=1S/C16H23N5O2/c1-11-7-8-13(23-10-22-6)12(9-11)14-17-15(20(2)3)19-16(18-14)21(4)5/h7-9H,10H2,1-6H3. The van der Waals surface area contributed by atoms with Gasteiger partial charge in [-0.2, -0.15) is 15.0 Å². The Labute approximate surface area is 136 Å². The molecule has 0 atom stereocenters. The van der Waals surface area contributed by atoms with Crippen LogP contribution in [0.4, 0.5) is 11.9 Å². The summed E-state index contributed by atoms with van der Waals surface area (Å²) in [6, 6.07) is 5.88. The van der Waals surface area contributed by atoms with Crippen molar-refractivity contribution in [1.82, 2.24) is 15.0 Å². The first kappa shape index (κ1) is 17.0. The second-order valence-corrected chi connectivity index (χ2v) is 5.60. The van der Waals surface area contributed by atoms with E-state index in [-0.39, 0.29) is 6.79 Å². The van der Waals surface area contributed by atoms with Gasteiger partial charge in [-0.1, -0.05) is 11.6 Å². The first-order chi connectivity index (χ1) is 10.9. The smallest absolute Gasteiger partial charge is 0.230 e. The Morgan fingerprint density at radius 1 is 0.957 bits per heavy atom. The molecule has 0 radical (unpaired) electrons. The van der Waals surface area contributed by atoms with Crippen molar-refractivity contribution in [2.24, 2.45) is 0 Å². The molecule has 0 amide bonds. The Bertz CT molecular complexity index is 647. The second kappa shape index (κ2) is 7.23. The molecular formula is C16H23N5O2. The zero-order chi connectivity index (χ0) is 17.0. The van der Waals surface area contributed by atoms with Gasteiger partial charge in [0, 0.05) is 35.3 Å². The highest BCUT2D eigenvalue weighted by Crippen LogP contribution is 2.30. The molecule has 0 spiro atoms. The Balaban J connectivity index is 2.58. The molecule has 0 bridgehead atoms. The van der Waals surface area contributed by atoms with Crippen LogP contribution < -0.4 is 14.5 Å². The summed E-state index contributed by atoms with van der Waals surface area (Å²) in [4.78, 5) is 17.2. The Hall–Kier alpha value is -2.41. The number of methoxy groups -OCH3 is 1. The van der Waals surface area contributed by atoms with Gasteiger partial charge in [0.1, 0.15) is 5.75 Å². The maximum absolute atomic E-state index is 5.65. The molecule has 0 aliphatic carbocycles. The van der Waals surface area contributed by atoms with Crippen molar-refractivity contribution < 1.29 is 9.47 Å². The molecule has 7 heteroatoms. The van der Waals surface area contributed by atoms with Crippen LogP contribution in [0.1, 0.15) is 5.56 Å². The molecular weight excluding hydrogens is 294 g/mol. The molecule has 0 saturated carbocycles. The number of rotatable bonds is 6. The highest BCUT2D eigenvalue weighted by atomic mass is 16.7. The van der Waals surface area contributed by atoms with Gasteiger partial charge in [0.2, 0.25) is 11.9 Å². The highest BCUT2D eigenvalue weighted by Gasteiger charge is 2.15. The van der Waals surface area contributed by atoms with Crippen LogP contribution in [0.25, 0.3) is 11.4 Å². The third-order valence-electron chi connectivity index (χ3n) is 3.12. The number of aromatic nitrogens is 3. The maximum atomic E-state index is 5.65. The van der Waals surface area contributed by atoms with Gasteiger partial charge in [-0.25, -0.2) is 0 Å². The van der Waals surface area contributed by atoms with Gasteiger partial charge in [-0.15, -0.1) is 0 Å². The van der Waals surface area contributed by atoms with Crippen LogP contribution in [0, 0.1) is 6.92 Å². The molecule has 0 aliphatic heterocycles. The second-order valence-electron chi connectivity index (χ2n) is 5.60. The van der Waals surface area contributed by atoms with Crippen molar-refractivity contribution in [2.75, 3.05) is 51.9 Å². The molecule has 1 aromatic heterocycles. The normalized spacial score (nSPS) is 10.5. The fourth-order valence-electron chi connectivity index (χ4n) is 1.94. The van der Waals surface area contributed by atoms with E-state index in [2.05, 4.69) is 15.0 Å². The zero-order valence-electron chi connectivity index (χ0n) is 14.5. The minimum absolute atomic E-state index is 0.169. The predicted molar refractivity (Wildman–Crippen MR) is 91.2 cm³/mol. The van der Waals surface area contributed by atoms with Crippen molar-refractivity contribution in [3.05, 3.63) is 23.8 Å². The highest BCUT2D eigenvalue weighted by molar-refractivity contribution is 5.67. The number of anilines is 2. The third kappa shape index (κ3) is 4.07. The van der Waals surface area contributed by atoms with E-state index < -0.39 is 0 Å². The quantitative estimate of drug-likeness (QED) is 0.755. The molecule has 0 aliphatic rings. The summed E-state index contributed by atoms with van der Waals surface area (Å²) in [6.07, 6.45) is 0. The van der Waals surface area contributed by atoms with E-state index in [0.29, 0.717) is 23.5 Å². The molecule has 23 heavy (non-hydrogen) atoms. The average molecular weight is 317 g/mol. The van der Waals surface area contributed by atoms with Crippen LogP contribution >= 0.6 is 0 Å². The fraction of sp³-hybridized carbons (Fsp3) is 0.438. The van der Waals surface area contributed by atoms with Crippen molar-refractivity contribution in [3.8, 4) is 17.1 Å². The summed E-state index contributed by atoms with van der Waals surface area (Å²) < 4.78 is 10.6. The molecule has 2 aromatic rings. The molecule has 0 saturated heterocycles. The SMILES string of the molecule is COCOc1ccc(C)cc1-c1nc(N(C)C)nc(N(C)C)n1. The summed E-state index contributed by atoms with van der Waals surface area (Å²) in [6.45, 7) is 2.19. The van der Waals surface area contributed by atoms with Crippen molar-refractivity contribution >= 4 is 11.9 Å². The minimum Gasteiger partial charge on any atom is -0.467 e. The first-order valence-corrected chi connectivity index (χ1v) is 7.26. The lowest BCUT2D eigenvalue weighted by Crippen LogP contribution is -2.19. The van der Waals surface area contributed by atoms with Gasteiger partial charge < -0.3 is 19.3 Å². The third-order valence-corrected chi connectivity index (χ3v) is 3.12. The van der Waals surface area contributed by atoms with Crippen LogP contribution in [0.15, 0.2) is 18.2 Å². The molecule has 0 fully saturated rings. The van der Waals surface area contributed by atoms with Crippen molar-refractivity contribution in [3.63, 3.8) is 0 Å². The molecule has 1 aromatic carbocycles. The van der Waals surface area contributed by atoms with Crippen LogP contribution in [0.2, 0.25) is 0 Å². The van der Waals surface area contributed by atoms with Gasteiger partial charge in [0.05, 0.1) is 5.56 Å². The molecule has 0 unspecified atom stereocenters. The summed E-state index contributed by atoms with van der Waals surface area (Å²) in [5.74, 6) is 2.44. The fourth-order valence-corrected chi connectivity index (χ4v) is 1.94. The van der Waals surface area contributed by atoms with Gasteiger partial charge in [0.25, 0.3) is 0 Å². The molecule has 124 valence electrons. The number of hydrogen-bond donors (Lipinski definition) is 0. The van der Waals surface area contributed by atoms with Crippen LogP contribution in [-0.2, 0) is 4.74 Å². The van der Waals surface area contributed by atoms with E-state index in [9.17, 15) is 0 Å². The number of aryl methyl sites for hydroxylation is 1. The lowest BCUT2D eigenvalue weighted by atomic mass is 10.1. The molecule has 7 nitrogen and oxygen atoms in total. The van der Waals surface area contributed by atoms with Gasteiger partial charge in [0.15, 0.2) is 12.6 Å². The van der Waals surface area contributed by atoms with Crippen molar-refractivity contribution in [2.45, 2.75) is 6.92 Å². The summed E-state index contributed by atoms with van der Waals surface area (Å²) in [7, 11) is 9.19. The summed E-state index contributed by atoms with van der Waals surface area (Å²) in [5, 5.41) is 0. The van der Waals surface area contributed by atoms with E-state index >= 15 is 0 Å². The van der Waals surface area contributed by atoms with E-state index in [1.807, 2.05) is 63.1 Å². The number of benzene rings is 1. The Morgan fingerprint density at radius 3 is 2.09 bits per heavy atom. The Morgan fingerprint density at radius 2 is 1.57 bits per heavy atom. The lowest BCUT2D eigenvalue weighted by molar-refractivity contribution is 0.0515. The maximum Gasteiger partial charge on any atom is 0.230 e. The average Bonchev–Trinajstić information content (AvgIpc) is 2.53. The molecule has 0 N–H and O–H groups in total. The minimum atomic E-state index is 0.169. The van der Waals surface area contributed by atoms with Crippen molar-refractivity contribution in [1.29, 1.82) is 0 Å².